The molecule has 1 fully saturated rings. The Balaban J connectivity index is 2.12. The maximum absolute atomic E-state index is 12.7. The SMILES string of the molecule is CCNCc1csc(S(=O)(=O)N2CCSC(C)(C)CC2)c1. The molecule has 0 amide bonds. The summed E-state index contributed by atoms with van der Waals surface area (Å²) in [6.07, 6.45) is 0.895. The fourth-order valence-electron chi connectivity index (χ4n) is 2.22. The van der Waals surface area contributed by atoms with Gasteiger partial charge in [0.2, 0.25) is 0 Å². The minimum atomic E-state index is -3.33. The van der Waals surface area contributed by atoms with E-state index < -0.39 is 10.0 Å². The molecule has 1 aromatic heterocycles. The van der Waals surface area contributed by atoms with E-state index in [2.05, 4.69) is 19.2 Å². The summed E-state index contributed by atoms with van der Waals surface area (Å²) in [5.41, 5.74) is 1.05. The summed E-state index contributed by atoms with van der Waals surface area (Å²) in [5, 5.41) is 5.16. The zero-order chi connectivity index (χ0) is 15.5. The van der Waals surface area contributed by atoms with E-state index in [1.807, 2.05) is 30.1 Å². The number of hydrogen-bond donors (Lipinski definition) is 1. The topological polar surface area (TPSA) is 49.4 Å². The van der Waals surface area contributed by atoms with Gasteiger partial charge in [0.1, 0.15) is 4.21 Å². The molecule has 4 nitrogen and oxygen atoms in total. The molecule has 0 saturated carbocycles. The van der Waals surface area contributed by atoms with Crippen LogP contribution in [-0.4, -0.2) is 42.9 Å². The second kappa shape index (κ2) is 7.00. The van der Waals surface area contributed by atoms with Gasteiger partial charge in [-0.2, -0.15) is 16.1 Å². The third-order valence-corrected chi connectivity index (χ3v) is 8.33. The molecule has 21 heavy (non-hydrogen) atoms. The molecule has 0 bridgehead atoms. The molecule has 0 aromatic carbocycles. The van der Waals surface area contributed by atoms with Crippen LogP contribution in [0.3, 0.4) is 0 Å². The average molecular weight is 349 g/mol. The predicted molar refractivity (Wildman–Crippen MR) is 91.6 cm³/mol. The van der Waals surface area contributed by atoms with Crippen molar-refractivity contribution in [2.45, 2.75) is 42.7 Å². The molecular weight excluding hydrogens is 324 g/mol. The monoisotopic (exact) mass is 348 g/mol. The molecule has 1 saturated heterocycles. The van der Waals surface area contributed by atoms with Crippen LogP contribution < -0.4 is 5.32 Å². The summed E-state index contributed by atoms with van der Waals surface area (Å²) < 4.78 is 27.8. The van der Waals surface area contributed by atoms with Gasteiger partial charge in [-0.05, 0) is 30.0 Å². The molecule has 1 N–H and O–H groups in total. The van der Waals surface area contributed by atoms with E-state index in [0.29, 0.717) is 17.3 Å². The lowest BCUT2D eigenvalue weighted by molar-refractivity contribution is 0.416. The number of thiophene rings is 1. The third kappa shape index (κ3) is 4.45. The fourth-order valence-corrected chi connectivity index (χ4v) is 6.24. The van der Waals surface area contributed by atoms with Crippen LogP contribution in [0.5, 0.6) is 0 Å². The van der Waals surface area contributed by atoms with Crippen molar-refractivity contribution in [3.8, 4) is 0 Å². The minimum absolute atomic E-state index is 0.163. The Hall–Kier alpha value is -0.0800. The first kappa shape index (κ1) is 17.3. The third-order valence-electron chi connectivity index (χ3n) is 3.60. The van der Waals surface area contributed by atoms with Crippen LogP contribution in [0, 0.1) is 0 Å². The molecule has 7 heteroatoms. The lowest BCUT2D eigenvalue weighted by Crippen LogP contribution is -2.33. The average Bonchev–Trinajstić information content (AvgIpc) is 2.81. The van der Waals surface area contributed by atoms with Gasteiger partial charge in [-0.1, -0.05) is 20.8 Å². The predicted octanol–water partition coefficient (Wildman–Crippen LogP) is 2.76. The smallest absolute Gasteiger partial charge is 0.252 e. The summed E-state index contributed by atoms with van der Waals surface area (Å²) >= 11 is 3.19. The van der Waals surface area contributed by atoms with Gasteiger partial charge in [0.05, 0.1) is 0 Å². The van der Waals surface area contributed by atoms with Gasteiger partial charge in [-0.3, -0.25) is 0 Å². The van der Waals surface area contributed by atoms with E-state index in [1.165, 1.54) is 11.3 Å². The maximum Gasteiger partial charge on any atom is 0.252 e. The van der Waals surface area contributed by atoms with Crippen LogP contribution in [-0.2, 0) is 16.6 Å². The molecule has 1 aromatic rings. The standard InChI is InChI=1S/C14H24N2O2S3/c1-4-15-10-12-9-13(19-11-12)21(17,18)16-6-5-14(2,3)20-8-7-16/h9,11,15H,4-8,10H2,1-3H3. The molecule has 0 atom stereocenters. The highest BCUT2D eigenvalue weighted by molar-refractivity contribution is 8.00. The van der Waals surface area contributed by atoms with Crippen molar-refractivity contribution in [2.24, 2.45) is 0 Å². The van der Waals surface area contributed by atoms with Gasteiger partial charge >= 0.3 is 0 Å². The number of sulfonamides is 1. The first-order valence-electron chi connectivity index (χ1n) is 7.27. The van der Waals surface area contributed by atoms with E-state index in [9.17, 15) is 8.42 Å². The Kier molecular flexibility index (Phi) is 5.76. The number of nitrogens with one attached hydrogen (secondary N) is 1. The largest absolute Gasteiger partial charge is 0.313 e. The molecule has 1 aliphatic rings. The van der Waals surface area contributed by atoms with Crippen molar-refractivity contribution in [1.82, 2.24) is 9.62 Å². The summed E-state index contributed by atoms with van der Waals surface area (Å²) in [5.74, 6) is 0.863. The van der Waals surface area contributed by atoms with Crippen LogP contribution in [0.15, 0.2) is 15.7 Å². The zero-order valence-electron chi connectivity index (χ0n) is 12.9. The molecule has 2 heterocycles. The van der Waals surface area contributed by atoms with Gasteiger partial charge in [0, 0.05) is 30.1 Å². The summed E-state index contributed by atoms with van der Waals surface area (Å²) in [6.45, 7) is 9.25. The van der Waals surface area contributed by atoms with Crippen molar-refractivity contribution in [3.63, 3.8) is 0 Å². The molecular formula is C14H24N2O2S3. The van der Waals surface area contributed by atoms with Crippen LogP contribution in [0.25, 0.3) is 0 Å². The molecule has 0 radical (unpaired) electrons. The maximum atomic E-state index is 12.7. The molecule has 1 aliphatic heterocycles. The molecule has 120 valence electrons. The Morgan fingerprint density at radius 2 is 2.14 bits per heavy atom. The van der Waals surface area contributed by atoms with Crippen molar-refractivity contribution in [3.05, 3.63) is 17.0 Å². The highest BCUT2D eigenvalue weighted by Crippen LogP contribution is 2.33. The number of rotatable bonds is 5. The molecule has 0 unspecified atom stereocenters. The van der Waals surface area contributed by atoms with Crippen molar-refractivity contribution in [1.29, 1.82) is 0 Å². The van der Waals surface area contributed by atoms with Gasteiger partial charge in [0.25, 0.3) is 10.0 Å². The second-order valence-corrected chi connectivity index (χ2v) is 10.7. The van der Waals surface area contributed by atoms with Crippen molar-refractivity contribution in [2.75, 3.05) is 25.4 Å². The highest BCUT2D eigenvalue weighted by Gasteiger charge is 2.31. The normalized spacial score (nSPS) is 20.3. The van der Waals surface area contributed by atoms with Crippen LogP contribution in [0.1, 0.15) is 32.8 Å². The van der Waals surface area contributed by atoms with Crippen molar-refractivity contribution < 1.29 is 8.42 Å². The summed E-state index contributed by atoms with van der Waals surface area (Å²) in [7, 11) is -3.33. The van der Waals surface area contributed by atoms with Gasteiger partial charge < -0.3 is 5.32 Å². The number of nitrogens with zero attached hydrogens (tertiary/aromatic N) is 1. The van der Waals surface area contributed by atoms with Crippen LogP contribution in [0.4, 0.5) is 0 Å². The first-order valence-corrected chi connectivity index (χ1v) is 10.6. The van der Waals surface area contributed by atoms with E-state index in [0.717, 1.165) is 30.8 Å². The number of thioether (sulfide) groups is 1. The lowest BCUT2D eigenvalue weighted by Gasteiger charge is -2.22. The molecule has 0 spiro atoms. The Morgan fingerprint density at radius 3 is 2.86 bits per heavy atom. The van der Waals surface area contributed by atoms with E-state index in [4.69, 9.17) is 0 Å². The minimum Gasteiger partial charge on any atom is -0.313 e. The zero-order valence-corrected chi connectivity index (χ0v) is 15.3. The lowest BCUT2D eigenvalue weighted by atomic mass is 10.1. The highest BCUT2D eigenvalue weighted by atomic mass is 32.2. The Morgan fingerprint density at radius 1 is 1.38 bits per heavy atom. The summed E-state index contributed by atoms with van der Waals surface area (Å²) in [4.78, 5) is 0. The van der Waals surface area contributed by atoms with Crippen LogP contribution in [0.2, 0.25) is 0 Å². The van der Waals surface area contributed by atoms with E-state index in [1.54, 1.807) is 4.31 Å². The second-order valence-electron chi connectivity index (χ2n) is 5.82. The van der Waals surface area contributed by atoms with Gasteiger partial charge in [0.15, 0.2) is 0 Å². The van der Waals surface area contributed by atoms with Crippen LogP contribution >= 0.6 is 23.1 Å². The summed E-state index contributed by atoms with van der Waals surface area (Å²) in [6, 6.07) is 1.81. The van der Waals surface area contributed by atoms with Gasteiger partial charge in [-0.15, -0.1) is 11.3 Å². The fraction of sp³-hybridized carbons (Fsp3) is 0.714. The number of hydrogen-bond acceptors (Lipinski definition) is 5. The van der Waals surface area contributed by atoms with Crippen molar-refractivity contribution >= 4 is 33.1 Å². The van der Waals surface area contributed by atoms with Gasteiger partial charge in [-0.25, -0.2) is 8.42 Å². The molecule has 0 aliphatic carbocycles. The van der Waals surface area contributed by atoms with E-state index >= 15 is 0 Å². The first-order chi connectivity index (χ1) is 9.85. The Labute approximate surface area is 136 Å². The Bertz CT molecular complexity index is 567. The molecule has 2 rings (SSSR count). The quantitative estimate of drug-likeness (QED) is 0.889. The van der Waals surface area contributed by atoms with E-state index in [-0.39, 0.29) is 4.75 Å².